The maximum Gasteiger partial charge on any atom is 0.261 e. The number of benzene rings is 1. The number of nitrogens with zero attached hydrogens (tertiary/aromatic N) is 1. The molecular formula is C12H16ClNO3. The number of hydrogen-bond donors (Lipinski definition) is 2. The van der Waals surface area contributed by atoms with E-state index < -0.39 is 5.91 Å². The average Bonchev–Trinajstić information content (AvgIpc) is 2.28. The highest BCUT2D eigenvalue weighted by Crippen LogP contribution is 2.27. The second-order valence-corrected chi connectivity index (χ2v) is 4.03. The molecule has 1 aromatic carbocycles. The van der Waals surface area contributed by atoms with E-state index in [4.69, 9.17) is 11.6 Å². The van der Waals surface area contributed by atoms with E-state index in [1.165, 1.54) is 23.1 Å². The quantitative estimate of drug-likeness (QED) is 0.795. The van der Waals surface area contributed by atoms with Gasteiger partial charge in [0.05, 0.1) is 0 Å². The molecule has 1 rings (SSSR count). The molecule has 0 aromatic heterocycles. The Hall–Kier alpha value is -1.42. The van der Waals surface area contributed by atoms with Crippen LogP contribution in [0.3, 0.4) is 0 Å². The van der Waals surface area contributed by atoms with Crippen molar-refractivity contribution in [1.29, 1.82) is 0 Å². The van der Waals surface area contributed by atoms with Crippen LogP contribution in [0.5, 0.6) is 11.5 Å². The number of carbonyl (C=O) groups is 1. The molecule has 0 radical (unpaired) electrons. The third-order valence-corrected chi connectivity index (χ3v) is 2.54. The topological polar surface area (TPSA) is 60.8 Å². The normalized spacial score (nSPS) is 10.2. The van der Waals surface area contributed by atoms with E-state index in [0.29, 0.717) is 19.0 Å². The van der Waals surface area contributed by atoms with Crippen molar-refractivity contribution in [1.82, 2.24) is 4.90 Å². The first kappa shape index (κ1) is 13.6. The Morgan fingerprint density at radius 3 is 2.35 bits per heavy atom. The Morgan fingerprint density at radius 1 is 1.29 bits per heavy atom. The standard InChI is InChI=1S/C12H16ClNO3/c1-2-7-14(8-6-13)12(17)11-9(15)4-3-5-10(11)16/h3-5,15-16H,2,6-8H2,1H3. The number of aromatic hydroxyl groups is 2. The zero-order valence-electron chi connectivity index (χ0n) is 9.69. The summed E-state index contributed by atoms with van der Waals surface area (Å²) in [5.41, 5.74) is -0.0638. The molecule has 0 bridgehead atoms. The van der Waals surface area contributed by atoms with Crippen LogP contribution < -0.4 is 0 Å². The largest absolute Gasteiger partial charge is 0.507 e. The monoisotopic (exact) mass is 257 g/mol. The molecular weight excluding hydrogens is 242 g/mol. The van der Waals surface area contributed by atoms with Gasteiger partial charge in [-0.15, -0.1) is 11.6 Å². The van der Waals surface area contributed by atoms with Crippen LogP contribution in [0.25, 0.3) is 0 Å². The van der Waals surface area contributed by atoms with Crippen molar-refractivity contribution in [2.45, 2.75) is 13.3 Å². The van der Waals surface area contributed by atoms with Crippen LogP contribution in [0.4, 0.5) is 0 Å². The van der Waals surface area contributed by atoms with Crippen molar-refractivity contribution >= 4 is 17.5 Å². The minimum absolute atomic E-state index is 0.0638. The van der Waals surface area contributed by atoms with Gasteiger partial charge in [-0.1, -0.05) is 13.0 Å². The van der Waals surface area contributed by atoms with Crippen molar-refractivity contribution in [3.05, 3.63) is 23.8 Å². The number of carbonyl (C=O) groups excluding carboxylic acids is 1. The highest BCUT2D eigenvalue weighted by atomic mass is 35.5. The number of amides is 1. The highest BCUT2D eigenvalue weighted by Gasteiger charge is 2.21. The van der Waals surface area contributed by atoms with E-state index in [1.54, 1.807) is 0 Å². The van der Waals surface area contributed by atoms with Crippen LogP contribution in [0.15, 0.2) is 18.2 Å². The molecule has 94 valence electrons. The van der Waals surface area contributed by atoms with Crippen molar-refractivity contribution in [3.8, 4) is 11.5 Å². The number of rotatable bonds is 5. The van der Waals surface area contributed by atoms with Gasteiger partial charge in [-0.2, -0.15) is 0 Å². The molecule has 0 saturated heterocycles. The van der Waals surface area contributed by atoms with Gasteiger partial charge in [0, 0.05) is 19.0 Å². The molecule has 0 fully saturated rings. The summed E-state index contributed by atoms with van der Waals surface area (Å²) in [6, 6.07) is 4.22. The third kappa shape index (κ3) is 3.27. The van der Waals surface area contributed by atoms with Crippen molar-refractivity contribution in [3.63, 3.8) is 0 Å². The van der Waals surface area contributed by atoms with Gasteiger partial charge in [0.2, 0.25) is 0 Å². The fraction of sp³-hybridized carbons (Fsp3) is 0.417. The van der Waals surface area contributed by atoms with Crippen LogP contribution in [-0.4, -0.2) is 40.0 Å². The van der Waals surface area contributed by atoms with Gasteiger partial charge in [-0.05, 0) is 18.6 Å². The third-order valence-electron chi connectivity index (χ3n) is 2.37. The molecule has 5 heteroatoms. The summed E-state index contributed by atoms with van der Waals surface area (Å²) in [7, 11) is 0. The Balaban J connectivity index is 3.00. The second-order valence-electron chi connectivity index (χ2n) is 3.65. The molecule has 0 aliphatic heterocycles. The molecule has 0 unspecified atom stereocenters. The molecule has 0 saturated carbocycles. The van der Waals surface area contributed by atoms with Gasteiger partial charge in [0.25, 0.3) is 5.91 Å². The molecule has 17 heavy (non-hydrogen) atoms. The molecule has 4 nitrogen and oxygen atoms in total. The zero-order valence-corrected chi connectivity index (χ0v) is 10.4. The lowest BCUT2D eigenvalue weighted by atomic mass is 10.1. The first-order valence-electron chi connectivity index (χ1n) is 5.48. The summed E-state index contributed by atoms with van der Waals surface area (Å²) < 4.78 is 0. The summed E-state index contributed by atoms with van der Waals surface area (Å²) in [5, 5.41) is 19.2. The number of halogens is 1. The van der Waals surface area contributed by atoms with Gasteiger partial charge in [-0.3, -0.25) is 4.79 Å². The first-order chi connectivity index (χ1) is 8.11. The molecule has 2 N–H and O–H groups in total. The summed E-state index contributed by atoms with van der Waals surface area (Å²) >= 11 is 5.62. The van der Waals surface area contributed by atoms with Crippen LogP contribution in [-0.2, 0) is 0 Å². The van der Waals surface area contributed by atoms with Crippen molar-refractivity contribution in [2.75, 3.05) is 19.0 Å². The molecule has 0 aliphatic rings. The molecule has 1 amide bonds. The fourth-order valence-corrected chi connectivity index (χ4v) is 1.80. The van der Waals surface area contributed by atoms with Gasteiger partial charge in [0.15, 0.2) is 0 Å². The van der Waals surface area contributed by atoms with Crippen molar-refractivity contribution in [2.24, 2.45) is 0 Å². The van der Waals surface area contributed by atoms with E-state index in [0.717, 1.165) is 6.42 Å². The van der Waals surface area contributed by atoms with Crippen LogP contribution in [0.1, 0.15) is 23.7 Å². The summed E-state index contributed by atoms with van der Waals surface area (Å²) in [6.45, 7) is 2.88. The zero-order chi connectivity index (χ0) is 12.8. The Kier molecular flexibility index (Phi) is 5.10. The minimum Gasteiger partial charge on any atom is -0.507 e. The second kappa shape index (κ2) is 6.35. The predicted molar refractivity (Wildman–Crippen MR) is 66.7 cm³/mol. The molecule has 0 atom stereocenters. The lowest BCUT2D eigenvalue weighted by Crippen LogP contribution is -2.33. The SMILES string of the molecule is CCCN(CCCl)C(=O)c1c(O)cccc1O. The average molecular weight is 258 g/mol. The predicted octanol–water partition coefficient (Wildman–Crippen LogP) is 2.19. The number of phenols is 2. The summed E-state index contributed by atoms with van der Waals surface area (Å²) in [5.74, 6) is -0.514. The lowest BCUT2D eigenvalue weighted by Gasteiger charge is -2.21. The van der Waals surface area contributed by atoms with Crippen LogP contribution in [0, 0.1) is 0 Å². The van der Waals surface area contributed by atoms with E-state index in [2.05, 4.69) is 0 Å². The Labute approximate surface area is 105 Å². The lowest BCUT2D eigenvalue weighted by molar-refractivity contribution is 0.0759. The highest BCUT2D eigenvalue weighted by molar-refractivity contribution is 6.18. The fourth-order valence-electron chi connectivity index (χ4n) is 1.59. The Bertz CT molecular complexity index is 369. The van der Waals surface area contributed by atoms with Gasteiger partial charge in [0.1, 0.15) is 17.1 Å². The van der Waals surface area contributed by atoms with E-state index in [-0.39, 0.29) is 17.1 Å². The summed E-state index contributed by atoms with van der Waals surface area (Å²) in [6.07, 6.45) is 0.789. The number of alkyl halides is 1. The van der Waals surface area contributed by atoms with Crippen molar-refractivity contribution < 1.29 is 15.0 Å². The minimum atomic E-state index is -0.400. The smallest absolute Gasteiger partial charge is 0.261 e. The Morgan fingerprint density at radius 2 is 1.88 bits per heavy atom. The van der Waals surface area contributed by atoms with Crippen LogP contribution in [0.2, 0.25) is 0 Å². The van der Waals surface area contributed by atoms with Gasteiger partial charge < -0.3 is 15.1 Å². The molecule has 0 spiro atoms. The molecule has 1 aromatic rings. The molecule has 0 heterocycles. The number of phenolic OH excluding ortho intramolecular Hbond substituents is 2. The van der Waals surface area contributed by atoms with E-state index in [9.17, 15) is 15.0 Å². The summed E-state index contributed by atoms with van der Waals surface area (Å²) in [4.78, 5) is 13.6. The molecule has 0 aliphatic carbocycles. The van der Waals surface area contributed by atoms with E-state index in [1.807, 2.05) is 6.92 Å². The van der Waals surface area contributed by atoms with Gasteiger partial charge in [-0.25, -0.2) is 0 Å². The first-order valence-corrected chi connectivity index (χ1v) is 6.01. The van der Waals surface area contributed by atoms with Gasteiger partial charge >= 0.3 is 0 Å². The van der Waals surface area contributed by atoms with E-state index >= 15 is 0 Å². The number of hydrogen-bond acceptors (Lipinski definition) is 3. The maximum absolute atomic E-state index is 12.1. The maximum atomic E-state index is 12.1. The van der Waals surface area contributed by atoms with Crippen LogP contribution >= 0.6 is 11.6 Å².